The Balaban J connectivity index is 1.62. The van der Waals surface area contributed by atoms with Crippen molar-refractivity contribution in [2.75, 3.05) is 6.54 Å². The molecule has 1 amide bonds. The molecule has 2 N–H and O–H groups in total. The third-order valence-corrected chi connectivity index (χ3v) is 4.87. The number of phenols is 1. The monoisotopic (exact) mass is 365 g/mol. The van der Waals surface area contributed by atoms with Crippen molar-refractivity contribution in [3.8, 4) is 5.75 Å². The van der Waals surface area contributed by atoms with Gasteiger partial charge in [0.25, 0.3) is 5.91 Å². The van der Waals surface area contributed by atoms with Crippen molar-refractivity contribution >= 4 is 11.7 Å². The van der Waals surface area contributed by atoms with Crippen molar-refractivity contribution in [3.63, 3.8) is 0 Å². The first-order valence-electron chi connectivity index (χ1n) is 8.74. The number of imidazole rings is 1. The third-order valence-electron chi connectivity index (χ3n) is 4.87. The van der Waals surface area contributed by atoms with Crippen LogP contribution < -0.4 is 0 Å². The average molecular weight is 365 g/mol. The molecule has 1 saturated heterocycles. The molecule has 0 saturated carbocycles. The number of aromatic nitrogens is 4. The van der Waals surface area contributed by atoms with Crippen molar-refractivity contribution in [3.05, 3.63) is 66.5 Å². The molecule has 0 aliphatic carbocycles. The van der Waals surface area contributed by atoms with Crippen LogP contribution >= 0.6 is 0 Å². The van der Waals surface area contributed by atoms with Gasteiger partial charge in [-0.25, -0.2) is 4.98 Å². The Morgan fingerprint density at radius 1 is 1.07 bits per heavy atom. The van der Waals surface area contributed by atoms with Crippen LogP contribution in [0.2, 0.25) is 0 Å². The van der Waals surface area contributed by atoms with Crippen LogP contribution in [-0.4, -0.2) is 48.0 Å². The van der Waals surface area contributed by atoms with E-state index in [2.05, 4.69) is 15.2 Å². The Labute approximate surface area is 155 Å². The smallest absolute Gasteiger partial charge is 0.291 e. The van der Waals surface area contributed by atoms with Crippen molar-refractivity contribution in [2.24, 2.45) is 0 Å². The van der Waals surface area contributed by atoms with Gasteiger partial charge < -0.3 is 14.6 Å². The molecule has 2 unspecified atom stereocenters. The molecule has 2 aromatic heterocycles. The lowest BCUT2D eigenvalue weighted by Gasteiger charge is -2.26. The van der Waals surface area contributed by atoms with Crippen LogP contribution in [0.15, 0.2) is 55.2 Å². The number of nitrogens with zero attached hydrogens (tertiary/aromatic N) is 4. The number of aromatic amines is 1. The van der Waals surface area contributed by atoms with Crippen molar-refractivity contribution < 1.29 is 14.7 Å². The molecule has 0 spiro atoms. The van der Waals surface area contributed by atoms with Crippen LogP contribution in [-0.2, 0) is 16.1 Å². The fourth-order valence-electron chi connectivity index (χ4n) is 3.60. The minimum Gasteiger partial charge on any atom is -0.508 e. The number of likely N-dealkylation sites (tertiary alicyclic amines) is 1. The zero-order chi connectivity index (χ0) is 18.8. The van der Waals surface area contributed by atoms with Gasteiger partial charge in [0, 0.05) is 31.7 Å². The Hall–Kier alpha value is -3.42. The molecule has 1 aromatic carbocycles. The highest BCUT2D eigenvalue weighted by atomic mass is 16.3. The number of rotatable bonds is 6. The molecule has 3 heterocycles. The van der Waals surface area contributed by atoms with Crippen LogP contribution in [0.3, 0.4) is 0 Å². The number of Topliss-reactive ketones (excluding diaryl/α,β-unsaturated/α-hetero) is 1. The second kappa shape index (κ2) is 7.06. The number of hydrogen-bond donors (Lipinski definition) is 2. The molecular weight excluding hydrogens is 346 g/mol. The van der Waals surface area contributed by atoms with Crippen LogP contribution in [0.4, 0.5) is 0 Å². The zero-order valence-corrected chi connectivity index (χ0v) is 14.5. The SMILES string of the molecule is O=C1C(=O)N(CCCn2ccnc2)C(c2ccn[nH]2)C1c1ccc(O)cc1. The first-order chi connectivity index (χ1) is 13.1. The lowest BCUT2D eigenvalue weighted by atomic mass is 9.89. The van der Waals surface area contributed by atoms with Crippen molar-refractivity contribution in [2.45, 2.75) is 24.9 Å². The second-order valence-electron chi connectivity index (χ2n) is 6.54. The van der Waals surface area contributed by atoms with Crippen LogP contribution in [0.25, 0.3) is 0 Å². The topological polar surface area (TPSA) is 104 Å². The molecule has 3 aromatic rings. The highest BCUT2D eigenvalue weighted by molar-refractivity contribution is 6.40. The van der Waals surface area contributed by atoms with E-state index in [1.54, 1.807) is 41.8 Å². The largest absolute Gasteiger partial charge is 0.508 e. The summed E-state index contributed by atoms with van der Waals surface area (Å²) in [5.41, 5.74) is 1.41. The summed E-state index contributed by atoms with van der Waals surface area (Å²) >= 11 is 0. The number of carbonyl (C=O) groups excluding carboxylic acids is 2. The summed E-state index contributed by atoms with van der Waals surface area (Å²) in [6, 6.07) is 7.76. The van der Waals surface area contributed by atoms with Gasteiger partial charge in [-0.2, -0.15) is 5.10 Å². The summed E-state index contributed by atoms with van der Waals surface area (Å²) < 4.78 is 1.94. The second-order valence-corrected chi connectivity index (χ2v) is 6.54. The van der Waals surface area contributed by atoms with Gasteiger partial charge in [0.05, 0.1) is 24.0 Å². The highest BCUT2D eigenvalue weighted by Crippen LogP contribution is 2.42. The molecule has 4 rings (SSSR count). The minimum absolute atomic E-state index is 0.116. The lowest BCUT2D eigenvalue weighted by Crippen LogP contribution is -2.31. The van der Waals surface area contributed by atoms with Crippen LogP contribution in [0, 0.1) is 0 Å². The number of phenolic OH excluding ortho intramolecular Hbond substituents is 1. The summed E-state index contributed by atoms with van der Waals surface area (Å²) in [6.45, 7) is 1.15. The minimum atomic E-state index is -0.633. The molecule has 0 radical (unpaired) electrons. The van der Waals surface area contributed by atoms with E-state index < -0.39 is 23.7 Å². The van der Waals surface area contributed by atoms with E-state index in [-0.39, 0.29) is 5.75 Å². The number of amides is 1. The van der Waals surface area contributed by atoms with E-state index >= 15 is 0 Å². The Morgan fingerprint density at radius 2 is 1.89 bits per heavy atom. The molecule has 2 atom stereocenters. The number of nitrogens with one attached hydrogen (secondary N) is 1. The van der Waals surface area contributed by atoms with E-state index in [0.717, 1.165) is 5.69 Å². The molecule has 0 bridgehead atoms. The lowest BCUT2D eigenvalue weighted by molar-refractivity contribution is -0.140. The number of aryl methyl sites for hydroxylation is 1. The number of ketones is 1. The van der Waals surface area contributed by atoms with E-state index in [9.17, 15) is 14.7 Å². The first-order valence-corrected chi connectivity index (χ1v) is 8.74. The van der Waals surface area contributed by atoms with Gasteiger partial charge in [0.15, 0.2) is 0 Å². The van der Waals surface area contributed by atoms with Gasteiger partial charge in [-0.05, 0) is 30.2 Å². The summed E-state index contributed by atoms with van der Waals surface area (Å²) in [6.07, 6.45) is 7.60. The predicted molar refractivity (Wildman–Crippen MR) is 95.7 cm³/mol. The number of carbonyl (C=O) groups is 2. The summed E-state index contributed by atoms with van der Waals surface area (Å²) in [4.78, 5) is 31.1. The van der Waals surface area contributed by atoms with E-state index in [1.165, 1.54) is 12.1 Å². The number of aromatic hydroxyl groups is 1. The van der Waals surface area contributed by atoms with Gasteiger partial charge in [0.1, 0.15) is 5.75 Å². The third kappa shape index (κ3) is 3.21. The molecule has 1 fully saturated rings. The van der Waals surface area contributed by atoms with Crippen molar-refractivity contribution in [1.82, 2.24) is 24.6 Å². The Morgan fingerprint density at radius 3 is 2.56 bits per heavy atom. The maximum Gasteiger partial charge on any atom is 0.291 e. The molecule has 27 heavy (non-hydrogen) atoms. The first kappa shape index (κ1) is 17.0. The summed E-state index contributed by atoms with van der Waals surface area (Å²) in [7, 11) is 0. The van der Waals surface area contributed by atoms with E-state index in [4.69, 9.17) is 0 Å². The number of benzene rings is 1. The van der Waals surface area contributed by atoms with Gasteiger partial charge in [0.2, 0.25) is 5.78 Å². The van der Waals surface area contributed by atoms with Gasteiger partial charge >= 0.3 is 0 Å². The molecule has 8 heteroatoms. The quantitative estimate of drug-likeness (QED) is 0.646. The summed E-state index contributed by atoms with van der Waals surface area (Å²) in [5, 5.41) is 16.4. The van der Waals surface area contributed by atoms with Crippen LogP contribution in [0.5, 0.6) is 5.75 Å². The molecule has 8 nitrogen and oxygen atoms in total. The van der Waals surface area contributed by atoms with E-state index in [1.807, 2.05) is 10.8 Å². The van der Waals surface area contributed by atoms with Gasteiger partial charge in [-0.3, -0.25) is 14.7 Å². The molecule has 1 aliphatic rings. The number of hydrogen-bond acceptors (Lipinski definition) is 5. The Kier molecular flexibility index (Phi) is 4.45. The maximum atomic E-state index is 12.8. The molecule has 138 valence electrons. The van der Waals surface area contributed by atoms with Crippen molar-refractivity contribution in [1.29, 1.82) is 0 Å². The number of H-pyrrole nitrogens is 1. The standard InChI is InChI=1S/C19H19N5O3/c25-14-4-2-13(3-5-14)16-17(15-6-7-21-22-15)24(19(27)18(16)26)10-1-9-23-11-8-20-12-23/h2-8,11-12,16-17,25H,1,9-10H2,(H,21,22). The fourth-order valence-corrected chi connectivity index (χ4v) is 3.60. The highest BCUT2D eigenvalue weighted by Gasteiger charge is 2.48. The van der Waals surface area contributed by atoms with E-state index in [0.29, 0.717) is 25.1 Å². The average Bonchev–Trinajstić information content (AvgIpc) is 3.41. The molecule has 1 aliphatic heterocycles. The zero-order valence-electron chi connectivity index (χ0n) is 14.5. The Bertz CT molecular complexity index is 919. The normalized spacial score (nSPS) is 19.8. The summed E-state index contributed by atoms with van der Waals surface area (Å²) in [5.74, 6) is -1.45. The van der Waals surface area contributed by atoms with Gasteiger partial charge in [-0.15, -0.1) is 0 Å². The predicted octanol–water partition coefficient (Wildman–Crippen LogP) is 1.64. The molecular formula is C19H19N5O3. The maximum absolute atomic E-state index is 12.8. The van der Waals surface area contributed by atoms with Gasteiger partial charge in [-0.1, -0.05) is 12.1 Å². The van der Waals surface area contributed by atoms with Crippen LogP contribution in [0.1, 0.15) is 29.6 Å². The fraction of sp³-hybridized carbons (Fsp3) is 0.263.